The lowest BCUT2D eigenvalue weighted by molar-refractivity contribution is -0.137. The molecule has 1 heterocycles. The van der Waals surface area contributed by atoms with E-state index in [4.69, 9.17) is 4.74 Å². The van der Waals surface area contributed by atoms with Crippen molar-refractivity contribution < 1.29 is 17.9 Å². The molecule has 1 aromatic heterocycles. The number of halogens is 3. The second-order valence-electron chi connectivity index (χ2n) is 4.29. The number of aromatic nitrogens is 1. The van der Waals surface area contributed by atoms with Crippen molar-refractivity contribution in [1.29, 1.82) is 0 Å². The maximum Gasteiger partial charge on any atom is 0.416 e. The molecule has 0 bridgehead atoms. The third-order valence-electron chi connectivity index (χ3n) is 2.96. The van der Waals surface area contributed by atoms with Crippen molar-refractivity contribution >= 4 is 7.85 Å². The van der Waals surface area contributed by atoms with Gasteiger partial charge in [-0.25, -0.2) is 4.98 Å². The summed E-state index contributed by atoms with van der Waals surface area (Å²) in [6, 6.07) is 8.62. The molecule has 0 aliphatic rings. The van der Waals surface area contributed by atoms with Crippen LogP contribution in [0.4, 0.5) is 13.2 Å². The van der Waals surface area contributed by atoms with Gasteiger partial charge in [-0.3, -0.25) is 0 Å². The van der Waals surface area contributed by atoms with Crippen molar-refractivity contribution in [3.05, 3.63) is 47.7 Å². The van der Waals surface area contributed by atoms with E-state index in [-0.39, 0.29) is 0 Å². The summed E-state index contributed by atoms with van der Waals surface area (Å²) in [7, 11) is 3.41. The van der Waals surface area contributed by atoms with Crippen LogP contribution in [0.2, 0.25) is 0 Å². The van der Waals surface area contributed by atoms with Crippen molar-refractivity contribution in [2.45, 2.75) is 12.5 Å². The SMILES string of the molecule is BCc1ccc(OC)c(-c2cccc(C(F)(F)F)c2)n1. The van der Waals surface area contributed by atoms with Gasteiger partial charge in [0.25, 0.3) is 0 Å². The van der Waals surface area contributed by atoms with E-state index in [0.717, 1.165) is 17.8 Å². The van der Waals surface area contributed by atoms with Crippen LogP contribution in [-0.4, -0.2) is 19.9 Å². The first-order chi connectivity index (χ1) is 9.45. The van der Waals surface area contributed by atoms with Crippen LogP contribution in [-0.2, 0) is 12.5 Å². The van der Waals surface area contributed by atoms with Crippen LogP contribution in [0.5, 0.6) is 5.75 Å². The normalized spacial score (nSPS) is 11.4. The number of pyridine rings is 1. The molecule has 0 N–H and O–H groups in total. The molecular formula is C14H13BF3NO. The lowest BCUT2D eigenvalue weighted by Gasteiger charge is -2.12. The molecule has 0 aliphatic carbocycles. The summed E-state index contributed by atoms with van der Waals surface area (Å²) in [6.07, 6.45) is -3.67. The van der Waals surface area contributed by atoms with E-state index >= 15 is 0 Å². The smallest absolute Gasteiger partial charge is 0.416 e. The predicted molar refractivity (Wildman–Crippen MR) is 73.5 cm³/mol. The lowest BCUT2D eigenvalue weighted by Crippen LogP contribution is -2.05. The summed E-state index contributed by atoms with van der Waals surface area (Å²) in [5.74, 6) is 0.460. The Labute approximate surface area is 116 Å². The number of methoxy groups -OCH3 is 1. The molecule has 2 aromatic rings. The van der Waals surface area contributed by atoms with Crippen LogP contribution in [0.15, 0.2) is 36.4 Å². The van der Waals surface area contributed by atoms with Crippen LogP contribution < -0.4 is 4.74 Å². The minimum atomic E-state index is -4.37. The number of rotatable bonds is 3. The van der Waals surface area contributed by atoms with Crippen LogP contribution in [0.3, 0.4) is 0 Å². The highest BCUT2D eigenvalue weighted by Crippen LogP contribution is 2.34. The Morgan fingerprint density at radius 3 is 2.55 bits per heavy atom. The van der Waals surface area contributed by atoms with Crippen molar-refractivity contribution in [2.24, 2.45) is 0 Å². The van der Waals surface area contributed by atoms with Gasteiger partial charge in [0.15, 0.2) is 0 Å². The van der Waals surface area contributed by atoms with Gasteiger partial charge in [-0.15, -0.1) is 0 Å². The first kappa shape index (κ1) is 14.4. The minimum Gasteiger partial charge on any atom is -0.494 e. The molecule has 0 aliphatic heterocycles. The van der Waals surface area contributed by atoms with Gasteiger partial charge in [-0.1, -0.05) is 12.1 Å². The van der Waals surface area contributed by atoms with Crippen LogP contribution in [0, 0.1) is 0 Å². The Hall–Kier alpha value is -1.98. The molecule has 0 radical (unpaired) electrons. The Balaban J connectivity index is 2.55. The third kappa shape index (κ3) is 2.95. The molecule has 6 heteroatoms. The van der Waals surface area contributed by atoms with Gasteiger partial charge in [0.1, 0.15) is 19.3 Å². The van der Waals surface area contributed by atoms with Gasteiger partial charge < -0.3 is 4.74 Å². The van der Waals surface area contributed by atoms with Crippen LogP contribution in [0.25, 0.3) is 11.3 Å². The fourth-order valence-electron chi connectivity index (χ4n) is 1.90. The molecule has 20 heavy (non-hydrogen) atoms. The Morgan fingerprint density at radius 1 is 1.20 bits per heavy atom. The first-order valence-electron chi connectivity index (χ1n) is 6.17. The average molecular weight is 279 g/mol. The molecule has 0 saturated carbocycles. The maximum absolute atomic E-state index is 12.8. The number of hydrogen-bond acceptors (Lipinski definition) is 2. The predicted octanol–water partition coefficient (Wildman–Crippen LogP) is 2.91. The van der Waals surface area contributed by atoms with Crippen LogP contribution in [0.1, 0.15) is 11.3 Å². The molecule has 2 rings (SSSR count). The van der Waals surface area contributed by atoms with E-state index in [0.29, 0.717) is 23.3 Å². The third-order valence-corrected chi connectivity index (χ3v) is 2.96. The van der Waals surface area contributed by atoms with Crippen molar-refractivity contribution in [2.75, 3.05) is 7.11 Å². The summed E-state index contributed by atoms with van der Waals surface area (Å²) in [4.78, 5) is 4.36. The summed E-state index contributed by atoms with van der Waals surface area (Å²) in [5, 5.41) is 0. The van der Waals surface area contributed by atoms with Crippen molar-refractivity contribution in [1.82, 2.24) is 4.98 Å². The highest BCUT2D eigenvalue weighted by atomic mass is 19.4. The number of hydrogen-bond donors (Lipinski definition) is 0. The molecule has 0 saturated heterocycles. The zero-order valence-corrected chi connectivity index (χ0v) is 11.2. The van der Waals surface area contributed by atoms with E-state index in [9.17, 15) is 13.2 Å². The Kier molecular flexibility index (Phi) is 4.02. The average Bonchev–Trinajstić information content (AvgIpc) is 2.45. The molecule has 0 atom stereocenters. The van der Waals surface area contributed by atoms with E-state index in [1.165, 1.54) is 13.2 Å². The molecule has 0 spiro atoms. The Morgan fingerprint density at radius 2 is 1.95 bits per heavy atom. The molecule has 104 valence electrons. The Bertz CT molecular complexity index is 614. The topological polar surface area (TPSA) is 22.1 Å². The second-order valence-corrected chi connectivity index (χ2v) is 4.29. The maximum atomic E-state index is 12.8. The largest absolute Gasteiger partial charge is 0.494 e. The van der Waals surface area contributed by atoms with Crippen molar-refractivity contribution in [3.63, 3.8) is 0 Å². The lowest BCUT2D eigenvalue weighted by atomic mass is 10.00. The summed E-state index contributed by atoms with van der Waals surface area (Å²) >= 11 is 0. The fourth-order valence-corrected chi connectivity index (χ4v) is 1.90. The molecule has 2 nitrogen and oxygen atoms in total. The zero-order chi connectivity index (χ0) is 14.8. The van der Waals surface area contributed by atoms with Gasteiger partial charge in [0.05, 0.1) is 12.7 Å². The molecular weight excluding hydrogens is 266 g/mol. The standard InChI is InChI=1S/C14H13BF3NO/c1-20-12-6-5-11(8-15)19-13(12)9-3-2-4-10(7-9)14(16,17)18/h2-7H,8,15H2,1H3. The summed E-state index contributed by atoms with van der Waals surface area (Å²) in [5.41, 5.74) is 0.934. The number of ether oxygens (including phenoxy) is 1. The summed E-state index contributed by atoms with van der Waals surface area (Å²) < 4.78 is 43.5. The number of alkyl halides is 3. The number of nitrogens with zero attached hydrogens (tertiary/aromatic N) is 1. The molecule has 1 aromatic carbocycles. The molecule has 0 unspecified atom stereocenters. The van der Waals surface area contributed by atoms with E-state index < -0.39 is 11.7 Å². The summed E-state index contributed by atoms with van der Waals surface area (Å²) in [6.45, 7) is 0. The highest BCUT2D eigenvalue weighted by Gasteiger charge is 2.30. The van der Waals surface area contributed by atoms with Gasteiger partial charge in [0.2, 0.25) is 0 Å². The van der Waals surface area contributed by atoms with Gasteiger partial charge in [-0.05, 0) is 30.6 Å². The molecule has 0 amide bonds. The highest BCUT2D eigenvalue weighted by molar-refractivity contribution is 6.08. The quantitative estimate of drug-likeness (QED) is 0.806. The van der Waals surface area contributed by atoms with Gasteiger partial charge in [-0.2, -0.15) is 13.2 Å². The minimum absolute atomic E-state index is 0.395. The first-order valence-corrected chi connectivity index (χ1v) is 6.17. The van der Waals surface area contributed by atoms with E-state index in [1.54, 1.807) is 18.2 Å². The second kappa shape index (κ2) is 5.57. The fraction of sp³-hybridized carbons (Fsp3) is 0.214. The van der Waals surface area contributed by atoms with Crippen LogP contribution >= 0.6 is 0 Å². The zero-order valence-electron chi connectivity index (χ0n) is 11.2. The van der Waals surface area contributed by atoms with Crippen molar-refractivity contribution in [3.8, 4) is 17.0 Å². The van der Waals surface area contributed by atoms with Gasteiger partial charge >= 0.3 is 6.18 Å². The van der Waals surface area contributed by atoms with E-state index in [1.807, 2.05) is 7.85 Å². The van der Waals surface area contributed by atoms with Gasteiger partial charge in [0, 0.05) is 11.3 Å². The monoisotopic (exact) mass is 279 g/mol. The number of benzene rings is 1. The molecule has 0 fully saturated rings. The van der Waals surface area contributed by atoms with E-state index in [2.05, 4.69) is 4.98 Å².